The summed E-state index contributed by atoms with van der Waals surface area (Å²) in [5, 5.41) is 3.41. The molecule has 1 aliphatic rings. The van der Waals surface area contributed by atoms with Gasteiger partial charge in [-0.3, -0.25) is 4.98 Å². The van der Waals surface area contributed by atoms with Crippen molar-refractivity contribution < 1.29 is 0 Å². The number of nitrogens with one attached hydrogen (secondary N) is 1. The van der Waals surface area contributed by atoms with Crippen molar-refractivity contribution >= 4 is 0 Å². The summed E-state index contributed by atoms with van der Waals surface area (Å²) in [7, 11) is 0. The van der Waals surface area contributed by atoms with Crippen LogP contribution in [0.4, 0.5) is 0 Å². The van der Waals surface area contributed by atoms with Gasteiger partial charge in [-0.05, 0) is 42.5 Å². The van der Waals surface area contributed by atoms with Gasteiger partial charge in [0.25, 0.3) is 0 Å². The highest BCUT2D eigenvalue weighted by molar-refractivity contribution is 5.30. The Morgan fingerprint density at radius 1 is 1.64 bits per heavy atom. The fraction of sp³-hybridized carbons (Fsp3) is 0.583. The van der Waals surface area contributed by atoms with Gasteiger partial charge < -0.3 is 5.32 Å². The Kier molecular flexibility index (Phi) is 2.55. The van der Waals surface area contributed by atoms with E-state index in [1.54, 1.807) is 0 Å². The second kappa shape index (κ2) is 3.70. The van der Waals surface area contributed by atoms with Crippen molar-refractivity contribution in [2.24, 2.45) is 5.92 Å². The number of hydrogen-bond acceptors (Lipinski definition) is 2. The van der Waals surface area contributed by atoms with E-state index in [1.165, 1.54) is 12.0 Å². The molecule has 1 aliphatic carbocycles. The SMILES string of the molecule is CCNCC1CC1(C)c1cccnc1. The highest BCUT2D eigenvalue weighted by Gasteiger charge is 2.50. The van der Waals surface area contributed by atoms with Gasteiger partial charge in [0.05, 0.1) is 0 Å². The van der Waals surface area contributed by atoms with Gasteiger partial charge in [-0.25, -0.2) is 0 Å². The van der Waals surface area contributed by atoms with Gasteiger partial charge in [0.1, 0.15) is 0 Å². The maximum atomic E-state index is 4.19. The maximum absolute atomic E-state index is 4.19. The van der Waals surface area contributed by atoms with Crippen LogP contribution in [0.5, 0.6) is 0 Å². The summed E-state index contributed by atoms with van der Waals surface area (Å²) in [6.45, 7) is 6.71. The summed E-state index contributed by atoms with van der Waals surface area (Å²) in [6.07, 6.45) is 5.15. The smallest absolute Gasteiger partial charge is 0.0305 e. The second-order valence-corrected chi connectivity index (χ2v) is 4.37. The van der Waals surface area contributed by atoms with Gasteiger partial charge in [-0.2, -0.15) is 0 Å². The number of aromatic nitrogens is 1. The Balaban J connectivity index is 2.00. The minimum atomic E-state index is 0.385. The average molecular weight is 190 g/mol. The lowest BCUT2D eigenvalue weighted by molar-refractivity contribution is 0.590. The number of rotatable bonds is 4. The van der Waals surface area contributed by atoms with Gasteiger partial charge in [-0.15, -0.1) is 0 Å². The van der Waals surface area contributed by atoms with Crippen LogP contribution in [0.1, 0.15) is 25.8 Å². The first-order valence-electron chi connectivity index (χ1n) is 5.38. The molecule has 1 saturated carbocycles. The Morgan fingerprint density at radius 2 is 2.50 bits per heavy atom. The van der Waals surface area contributed by atoms with Crippen molar-refractivity contribution in [2.75, 3.05) is 13.1 Å². The van der Waals surface area contributed by atoms with E-state index in [0.29, 0.717) is 5.41 Å². The van der Waals surface area contributed by atoms with E-state index in [2.05, 4.69) is 30.2 Å². The molecule has 1 aromatic heterocycles. The minimum absolute atomic E-state index is 0.385. The standard InChI is InChI=1S/C12H18N2/c1-3-13-9-11-7-12(11,2)10-5-4-6-14-8-10/h4-6,8,11,13H,3,7,9H2,1-2H3. The molecule has 14 heavy (non-hydrogen) atoms. The second-order valence-electron chi connectivity index (χ2n) is 4.37. The molecule has 2 atom stereocenters. The normalized spacial score (nSPS) is 30.3. The van der Waals surface area contributed by atoms with Crippen LogP contribution in [-0.4, -0.2) is 18.1 Å². The summed E-state index contributed by atoms with van der Waals surface area (Å²) < 4.78 is 0. The third kappa shape index (κ3) is 1.67. The van der Waals surface area contributed by atoms with Crippen LogP contribution >= 0.6 is 0 Å². The first-order chi connectivity index (χ1) is 6.77. The van der Waals surface area contributed by atoms with Crippen LogP contribution in [0, 0.1) is 5.92 Å². The number of hydrogen-bond donors (Lipinski definition) is 1. The molecule has 0 spiro atoms. The lowest BCUT2D eigenvalue weighted by atomic mass is 9.97. The predicted octanol–water partition coefficient (Wildman–Crippen LogP) is 1.97. The zero-order chi connectivity index (χ0) is 10.0. The molecule has 0 saturated heterocycles. The molecule has 76 valence electrons. The van der Waals surface area contributed by atoms with Crippen molar-refractivity contribution in [2.45, 2.75) is 25.7 Å². The third-order valence-electron chi connectivity index (χ3n) is 3.37. The highest BCUT2D eigenvalue weighted by Crippen LogP contribution is 2.53. The van der Waals surface area contributed by atoms with Gasteiger partial charge in [0, 0.05) is 12.4 Å². The van der Waals surface area contributed by atoms with Crippen LogP contribution in [0.2, 0.25) is 0 Å². The maximum Gasteiger partial charge on any atom is 0.0305 e. The first-order valence-corrected chi connectivity index (χ1v) is 5.38. The van der Waals surface area contributed by atoms with Crippen molar-refractivity contribution in [3.63, 3.8) is 0 Å². The summed E-state index contributed by atoms with van der Waals surface area (Å²) in [4.78, 5) is 4.19. The summed E-state index contributed by atoms with van der Waals surface area (Å²) in [6, 6.07) is 4.22. The zero-order valence-electron chi connectivity index (χ0n) is 8.96. The van der Waals surface area contributed by atoms with E-state index >= 15 is 0 Å². The molecule has 0 aromatic carbocycles. The molecule has 0 aliphatic heterocycles. The molecule has 1 N–H and O–H groups in total. The molecule has 2 heteroatoms. The average Bonchev–Trinajstić information content (AvgIpc) is 2.90. The summed E-state index contributed by atoms with van der Waals surface area (Å²) in [5.41, 5.74) is 1.78. The van der Waals surface area contributed by atoms with Crippen LogP contribution in [0.25, 0.3) is 0 Å². The van der Waals surface area contributed by atoms with Gasteiger partial charge >= 0.3 is 0 Å². The quantitative estimate of drug-likeness (QED) is 0.785. The Bertz CT molecular complexity index is 296. The molecule has 2 unspecified atom stereocenters. The molecular weight excluding hydrogens is 172 g/mol. The number of nitrogens with zero attached hydrogens (tertiary/aromatic N) is 1. The van der Waals surface area contributed by atoms with E-state index in [9.17, 15) is 0 Å². The van der Waals surface area contributed by atoms with Crippen LogP contribution in [0.3, 0.4) is 0 Å². The molecule has 0 bridgehead atoms. The van der Waals surface area contributed by atoms with E-state index in [0.717, 1.165) is 19.0 Å². The fourth-order valence-corrected chi connectivity index (χ4v) is 2.12. The molecular formula is C12H18N2. The van der Waals surface area contributed by atoms with E-state index in [1.807, 2.05) is 18.5 Å². The van der Waals surface area contributed by atoms with Gasteiger partial charge in [0.2, 0.25) is 0 Å². The molecule has 2 rings (SSSR count). The van der Waals surface area contributed by atoms with Crippen LogP contribution in [0.15, 0.2) is 24.5 Å². The Labute approximate surface area is 85.7 Å². The van der Waals surface area contributed by atoms with E-state index < -0.39 is 0 Å². The molecule has 1 aromatic rings. The first kappa shape index (κ1) is 9.66. The van der Waals surface area contributed by atoms with Crippen LogP contribution in [-0.2, 0) is 5.41 Å². The Morgan fingerprint density at radius 3 is 3.14 bits per heavy atom. The zero-order valence-corrected chi connectivity index (χ0v) is 8.96. The predicted molar refractivity (Wildman–Crippen MR) is 58.2 cm³/mol. The van der Waals surface area contributed by atoms with Gasteiger partial charge in [0.15, 0.2) is 0 Å². The monoisotopic (exact) mass is 190 g/mol. The van der Waals surface area contributed by atoms with Crippen LogP contribution < -0.4 is 5.32 Å². The topological polar surface area (TPSA) is 24.9 Å². The van der Waals surface area contributed by atoms with Crippen molar-refractivity contribution in [1.82, 2.24) is 10.3 Å². The highest BCUT2D eigenvalue weighted by atomic mass is 14.9. The molecule has 1 fully saturated rings. The van der Waals surface area contributed by atoms with Gasteiger partial charge in [-0.1, -0.05) is 19.9 Å². The molecule has 0 radical (unpaired) electrons. The number of pyridine rings is 1. The van der Waals surface area contributed by atoms with E-state index in [4.69, 9.17) is 0 Å². The van der Waals surface area contributed by atoms with E-state index in [-0.39, 0.29) is 0 Å². The van der Waals surface area contributed by atoms with Crippen molar-refractivity contribution in [3.8, 4) is 0 Å². The van der Waals surface area contributed by atoms with Crippen molar-refractivity contribution in [3.05, 3.63) is 30.1 Å². The summed E-state index contributed by atoms with van der Waals surface area (Å²) in [5.74, 6) is 0.798. The Hall–Kier alpha value is -0.890. The lowest BCUT2D eigenvalue weighted by Crippen LogP contribution is -2.19. The largest absolute Gasteiger partial charge is 0.317 e. The fourth-order valence-electron chi connectivity index (χ4n) is 2.12. The third-order valence-corrected chi connectivity index (χ3v) is 3.37. The lowest BCUT2D eigenvalue weighted by Gasteiger charge is -2.11. The molecule has 0 amide bonds. The molecule has 2 nitrogen and oxygen atoms in total. The summed E-state index contributed by atoms with van der Waals surface area (Å²) >= 11 is 0. The molecule has 1 heterocycles. The minimum Gasteiger partial charge on any atom is -0.317 e. The van der Waals surface area contributed by atoms with Crippen molar-refractivity contribution in [1.29, 1.82) is 0 Å².